The number of nitrogens with one attached hydrogen (secondary N) is 1. The lowest BCUT2D eigenvalue weighted by Crippen LogP contribution is -2.23. The summed E-state index contributed by atoms with van der Waals surface area (Å²) in [6.45, 7) is 3.99. The second-order valence-electron chi connectivity index (χ2n) is 5.49. The minimum Gasteiger partial charge on any atom is -0.302 e. The molecule has 1 aromatic carbocycles. The van der Waals surface area contributed by atoms with Crippen molar-refractivity contribution in [2.75, 3.05) is 16.8 Å². The van der Waals surface area contributed by atoms with Gasteiger partial charge in [0.25, 0.3) is 0 Å². The quantitative estimate of drug-likeness (QED) is 0.919. The average molecular weight is 324 g/mol. The number of anilines is 1. The smallest absolute Gasteiger partial charge is 0.230 e. The maximum Gasteiger partial charge on any atom is 0.230 e. The molecule has 3 rings (SSSR count). The number of thiazole rings is 1. The van der Waals surface area contributed by atoms with Gasteiger partial charge in [0.15, 0.2) is 15.0 Å². The fourth-order valence-corrected chi connectivity index (χ4v) is 5.28. The van der Waals surface area contributed by atoms with Gasteiger partial charge in [0, 0.05) is 0 Å². The SMILES string of the molecule is Cc1ccc(C)c2sc(NC(=O)[C@H]3CCS(=O)(=O)C3)nc12. The van der Waals surface area contributed by atoms with Crippen LogP contribution in [0, 0.1) is 19.8 Å². The van der Waals surface area contributed by atoms with Gasteiger partial charge >= 0.3 is 0 Å². The molecule has 0 aliphatic carbocycles. The molecular weight excluding hydrogens is 308 g/mol. The molecule has 1 aliphatic heterocycles. The number of fused-ring (bicyclic) bond motifs is 1. The third-order valence-electron chi connectivity index (χ3n) is 3.78. The van der Waals surface area contributed by atoms with Crippen molar-refractivity contribution in [1.29, 1.82) is 0 Å². The Kier molecular flexibility index (Phi) is 3.49. The Morgan fingerprint density at radius 2 is 2.05 bits per heavy atom. The van der Waals surface area contributed by atoms with E-state index in [1.165, 1.54) is 11.3 Å². The Hall–Kier alpha value is -1.47. The molecule has 1 aromatic heterocycles. The highest BCUT2D eigenvalue weighted by atomic mass is 32.2. The maximum atomic E-state index is 12.1. The summed E-state index contributed by atoms with van der Waals surface area (Å²) in [5.41, 5.74) is 3.09. The zero-order chi connectivity index (χ0) is 15.2. The summed E-state index contributed by atoms with van der Waals surface area (Å²) in [4.78, 5) is 16.6. The first-order chi connectivity index (χ1) is 9.85. The Morgan fingerprint density at radius 3 is 2.67 bits per heavy atom. The zero-order valence-corrected chi connectivity index (χ0v) is 13.5. The number of rotatable bonds is 2. The summed E-state index contributed by atoms with van der Waals surface area (Å²) in [6, 6.07) is 4.04. The summed E-state index contributed by atoms with van der Waals surface area (Å²) >= 11 is 1.43. The molecule has 1 atom stereocenters. The molecule has 2 aromatic rings. The number of carbonyl (C=O) groups is 1. The van der Waals surface area contributed by atoms with Crippen molar-refractivity contribution in [1.82, 2.24) is 4.98 Å². The highest BCUT2D eigenvalue weighted by Gasteiger charge is 2.33. The van der Waals surface area contributed by atoms with E-state index < -0.39 is 15.8 Å². The normalized spacial score (nSPS) is 20.8. The lowest BCUT2D eigenvalue weighted by molar-refractivity contribution is -0.119. The highest BCUT2D eigenvalue weighted by molar-refractivity contribution is 7.91. The number of carbonyl (C=O) groups excluding carboxylic acids is 1. The fourth-order valence-electron chi connectivity index (χ4n) is 2.52. The molecule has 0 spiro atoms. The van der Waals surface area contributed by atoms with Crippen molar-refractivity contribution in [2.24, 2.45) is 5.92 Å². The largest absolute Gasteiger partial charge is 0.302 e. The number of aromatic nitrogens is 1. The third-order valence-corrected chi connectivity index (χ3v) is 6.65. The van der Waals surface area contributed by atoms with Crippen LogP contribution in [0.5, 0.6) is 0 Å². The van der Waals surface area contributed by atoms with E-state index in [9.17, 15) is 13.2 Å². The minimum absolute atomic E-state index is 0.0538. The zero-order valence-electron chi connectivity index (χ0n) is 11.8. The molecule has 1 amide bonds. The molecule has 1 saturated heterocycles. The van der Waals surface area contributed by atoms with Crippen LogP contribution in [0.25, 0.3) is 10.2 Å². The predicted octanol–water partition coefficient (Wildman–Crippen LogP) is 2.29. The molecule has 7 heteroatoms. The monoisotopic (exact) mass is 324 g/mol. The van der Waals surface area contributed by atoms with E-state index in [-0.39, 0.29) is 17.4 Å². The summed E-state index contributed by atoms with van der Waals surface area (Å²) in [5.74, 6) is -0.653. The fraction of sp³-hybridized carbons (Fsp3) is 0.429. The van der Waals surface area contributed by atoms with Crippen LogP contribution in [0.15, 0.2) is 12.1 Å². The van der Waals surface area contributed by atoms with E-state index in [0.29, 0.717) is 11.6 Å². The Bertz CT molecular complexity index is 785. The Balaban J connectivity index is 1.84. The number of hydrogen-bond acceptors (Lipinski definition) is 5. The van der Waals surface area contributed by atoms with Crippen molar-refractivity contribution in [3.8, 4) is 0 Å². The molecule has 1 N–H and O–H groups in total. The third kappa shape index (κ3) is 2.80. The van der Waals surface area contributed by atoms with E-state index in [1.54, 1.807) is 0 Å². The second-order valence-corrected chi connectivity index (χ2v) is 8.71. The number of nitrogens with zero attached hydrogens (tertiary/aromatic N) is 1. The van der Waals surface area contributed by atoms with E-state index >= 15 is 0 Å². The summed E-state index contributed by atoms with van der Waals surface area (Å²) in [6.07, 6.45) is 0.400. The highest BCUT2D eigenvalue weighted by Crippen LogP contribution is 2.31. The number of aryl methyl sites for hydroxylation is 2. The molecule has 0 bridgehead atoms. The van der Waals surface area contributed by atoms with Crippen LogP contribution in [0.3, 0.4) is 0 Å². The minimum atomic E-state index is -3.05. The van der Waals surface area contributed by atoms with Crippen molar-refractivity contribution >= 4 is 42.4 Å². The van der Waals surface area contributed by atoms with E-state index in [2.05, 4.69) is 10.3 Å². The van der Waals surface area contributed by atoms with E-state index in [0.717, 1.165) is 21.3 Å². The topological polar surface area (TPSA) is 76.1 Å². The van der Waals surface area contributed by atoms with Crippen LogP contribution < -0.4 is 5.32 Å². The van der Waals surface area contributed by atoms with Gasteiger partial charge in [0.1, 0.15) is 0 Å². The Morgan fingerprint density at radius 1 is 1.33 bits per heavy atom. The van der Waals surface area contributed by atoms with Crippen LogP contribution in [-0.4, -0.2) is 30.8 Å². The van der Waals surface area contributed by atoms with Crippen molar-refractivity contribution in [2.45, 2.75) is 20.3 Å². The molecule has 5 nitrogen and oxygen atoms in total. The predicted molar refractivity (Wildman–Crippen MR) is 84.5 cm³/mol. The molecule has 1 aliphatic rings. The van der Waals surface area contributed by atoms with Crippen molar-refractivity contribution < 1.29 is 13.2 Å². The van der Waals surface area contributed by atoms with Crippen molar-refractivity contribution in [3.63, 3.8) is 0 Å². The molecule has 0 unspecified atom stereocenters. The second kappa shape index (κ2) is 5.06. The molecule has 21 heavy (non-hydrogen) atoms. The van der Waals surface area contributed by atoms with Gasteiger partial charge in [0.05, 0.1) is 27.6 Å². The van der Waals surface area contributed by atoms with Gasteiger partial charge in [-0.25, -0.2) is 13.4 Å². The van der Waals surface area contributed by atoms with Crippen LogP contribution in [0.1, 0.15) is 17.5 Å². The first-order valence-corrected chi connectivity index (χ1v) is 9.37. The number of sulfone groups is 1. The standard InChI is InChI=1S/C14H16N2O3S2/c1-8-3-4-9(2)12-11(8)15-14(20-12)16-13(17)10-5-6-21(18,19)7-10/h3-4,10H,5-7H2,1-2H3,(H,15,16,17)/t10-/m0/s1. The first-order valence-electron chi connectivity index (χ1n) is 6.74. The summed E-state index contributed by atoms with van der Waals surface area (Å²) in [7, 11) is -3.05. The molecule has 0 radical (unpaired) electrons. The van der Waals surface area contributed by atoms with Crippen molar-refractivity contribution in [3.05, 3.63) is 23.3 Å². The van der Waals surface area contributed by atoms with E-state index in [4.69, 9.17) is 0 Å². The summed E-state index contributed by atoms with van der Waals surface area (Å²) in [5, 5.41) is 3.31. The van der Waals surface area contributed by atoms with Crippen LogP contribution >= 0.6 is 11.3 Å². The van der Waals surface area contributed by atoms with Gasteiger partial charge in [0.2, 0.25) is 5.91 Å². The molecule has 1 fully saturated rings. The Labute approximate surface area is 127 Å². The maximum absolute atomic E-state index is 12.1. The van der Waals surface area contributed by atoms with Gasteiger partial charge in [-0.05, 0) is 31.4 Å². The summed E-state index contributed by atoms with van der Waals surface area (Å²) < 4.78 is 23.9. The molecule has 112 valence electrons. The van der Waals surface area contributed by atoms with Crippen LogP contribution in [0.2, 0.25) is 0 Å². The number of hydrogen-bond donors (Lipinski definition) is 1. The van der Waals surface area contributed by atoms with E-state index in [1.807, 2.05) is 26.0 Å². The lowest BCUT2D eigenvalue weighted by atomic mass is 10.1. The van der Waals surface area contributed by atoms with Gasteiger partial charge in [-0.1, -0.05) is 23.5 Å². The van der Waals surface area contributed by atoms with Gasteiger partial charge < -0.3 is 5.32 Å². The lowest BCUT2D eigenvalue weighted by Gasteiger charge is -2.06. The van der Waals surface area contributed by atoms with Gasteiger partial charge in [-0.2, -0.15) is 0 Å². The van der Waals surface area contributed by atoms with Crippen LogP contribution in [-0.2, 0) is 14.6 Å². The molecular formula is C14H16N2O3S2. The number of benzene rings is 1. The molecule has 0 saturated carbocycles. The first kappa shape index (κ1) is 14.5. The van der Waals surface area contributed by atoms with Gasteiger partial charge in [-0.3, -0.25) is 4.79 Å². The van der Waals surface area contributed by atoms with Gasteiger partial charge in [-0.15, -0.1) is 0 Å². The van der Waals surface area contributed by atoms with Crippen LogP contribution in [0.4, 0.5) is 5.13 Å². The average Bonchev–Trinajstić information content (AvgIpc) is 2.98. The molecule has 2 heterocycles. The number of amides is 1.